The number of hydrogen-bond donors (Lipinski definition) is 1. The van der Waals surface area contributed by atoms with Gasteiger partial charge in [0.25, 0.3) is 5.91 Å². The van der Waals surface area contributed by atoms with Crippen LogP contribution in [0.2, 0.25) is 0 Å². The number of amides is 1. The first-order valence-corrected chi connectivity index (χ1v) is 5.86. The van der Waals surface area contributed by atoms with Gasteiger partial charge in [-0.2, -0.15) is 0 Å². The number of fused-ring (bicyclic) bond motifs is 1. The van der Waals surface area contributed by atoms with Gasteiger partial charge in [0.1, 0.15) is 0 Å². The lowest BCUT2D eigenvalue weighted by molar-refractivity contribution is 0.102. The summed E-state index contributed by atoms with van der Waals surface area (Å²) in [6.45, 7) is 0. The first-order valence-electron chi connectivity index (χ1n) is 5.86. The van der Waals surface area contributed by atoms with Crippen molar-refractivity contribution in [2.75, 3.05) is 5.32 Å². The highest BCUT2D eigenvalue weighted by Gasteiger charge is 2.11. The molecule has 20 heavy (non-hydrogen) atoms. The van der Waals surface area contributed by atoms with Crippen molar-refractivity contribution in [2.24, 2.45) is 0 Å². The van der Waals surface area contributed by atoms with Crippen LogP contribution in [0.5, 0.6) is 0 Å². The molecule has 0 aliphatic heterocycles. The fraction of sp³-hybridized carbons (Fsp3) is 0. The van der Waals surface area contributed by atoms with Gasteiger partial charge < -0.3 is 5.32 Å². The summed E-state index contributed by atoms with van der Waals surface area (Å²) in [4.78, 5) is 23.8. The molecule has 0 fully saturated rings. The standard InChI is InChI=1S/C14H9FN4O/c15-11-8-16-4-3-10(11)14(20)19-9-1-2-12-13(7-9)18-6-5-17-12/h1-8H,(H,19,20). The molecule has 0 radical (unpaired) electrons. The summed E-state index contributed by atoms with van der Waals surface area (Å²) < 4.78 is 13.5. The molecule has 1 aromatic carbocycles. The van der Waals surface area contributed by atoms with Gasteiger partial charge in [0.2, 0.25) is 0 Å². The van der Waals surface area contributed by atoms with Crippen LogP contribution in [0, 0.1) is 5.82 Å². The third-order valence-corrected chi connectivity index (χ3v) is 2.74. The number of nitrogens with zero attached hydrogens (tertiary/aromatic N) is 3. The predicted molar refractivity (Wildman–Crippen MR) is 71.7 cm³/mol. The molecular weight excluding hydrogens is 259 g/mol. The van der Waals surface area contributed by atoms with Gasteiger partial charge in [0.15, 0.2) is 5.82 Å². The second-order valence-electron chi connectivity index (χ2n) is 4.07. The van der Waals surface area contributed by atoms with E-state index in [-0.39, 0.29) is 5.56 Å². The number of nitrogens with one attached hydrogen (secondary N) is 1. The van der Waals surface area contributed by atoms with E-state index in [2.05, 4.69) is 20.3 Å². The molecule has 0 atom stereocenters. The molecule has 0 saturated carbocycles. The summed E-state index contributed by atoms with van der Waals surface area (Å²) in [7, 11) is 0. The molecular formula is C14H9FN4O. The van der Waals surface area contributed by atoms with Gasteiger partial charge in [-0.05, 0) is 24.3 Å². The maximum absolute atomic E-state index is 13.5. The second-order valence-corrected chi connectivity index (χ2v) is 4.07. The Morgan fingerprint density at radius 2 is 1.85 bits per heavy atom. The predicted octanol–water partition coefficient (Wildman–Crippen LogP) is 2.42. The van der Waals surface area contributed by atoms with Crippen LogP contribution in [0.4, 0.5) is 10.1 Å². The van der Waals surface area contributed by atoms with Crippen molar-refractivity contribution in [1.29, 1.82) is 0 Å². The summed E-state index contributed by atoms with van der Waals surface area (Å²) in [6, 6.07) is 6.43. The summed E-state index contributed by atoms with van der Waals surface area (Å²) in [5, 5.41) is 2.62. The lowest BCUT2D eigenvalue weighted by Gasteiger charge is -2.06. The number of benzene rings is 1. The van der Waals surface area contributed by atoms with Crippen molar-refractivity contribution in [1.82, 2.24) is 15.0 Å². The van der Waals surface area contributed by atoms with Crippen molar-refractivity contribution in [3.05, 3.63) is 60.4 Å². The lowest BCUT2D eigenvalue weighted by Crippen LogP contribution is -2.13. The molecule has 0 unspecified atom stereocenters. The number of carbonyl (C=O) groups is 1. The van der Waals surface area contributed by atoms with Gasteiger partial charge in [-0.15, -0.1) is 0 Å². The molecule has 1 amide bonds. The van der Waals surface area contributed by atoms with Gasteiger partial charge in [-0.25, -0.2) is 4.39 Å². The summed E-state index contributed by atoms with van der Waals surface area (Å²) in [5.74, 6) is -1.20. The van der Waals surface area contributed by atoms with E-state index in [1.165, 1.54) is 12.3 Å². The molecule has 2 aromatic heterocycles. The Morgan fingerprint density at radius 1 is 1.05 bits per heavy atom. The molecule has 3 aromatic rings. The topological polar surface area (TPSA) is 67.8 Å². The Labute approximate surface area is 113 Å². The van der Waals surface area contributed by atoms with Crippen LogP contribution >= 0.6 is 0 Å². The molecule has 0 bridgehead atoms. The van der Waals surface area contributed by atoms with Crippen LogP contribution in [0.1, 0.15) is 10.4 Å². The van der Waals surface area contributed by atoms with Crippen LogP contribution in [-0.2, 0) is 0 Å². The van der Waals surface area contributed by atoms with Crippen molar-refractivity contribution in [3.63, 3.8) is 0 Å². The SMILES string of the molecule is O=C(Nc1ccc2nccnc2c1)c1ccncc1F. The Balaban J connectivity index is 1.89. The maximum atomic E-state index is 13.5. The van der Waals surface area contributed by atoms with Crippen LogP contribution in [0.25, 0.3) is 11.0 Å². The minimum Gasteiger partial charge on any atom is -0.322 e. The highest BCUT2D eigenvalue weighted by atomic mass is 19.1. The van der Waals surface area contributed by atoms with E-state index in [1.54, 1.807) is 30.6 Å². The number of aromatic nitrogens is 3. The van der Waals surface area contributed by atoms with Gasteiger partial charge in [0.05, 0.1) is 22.8 Å². The summed E-state index contributed by atoms with van der Waals surface area (Å²) in [5.41, 5.74) is 1.85. The third kappa shape index (κ3) is 2.31. The Hall–Kier alpha value is -2.89. The molecule has 0 aliphatic rings. The smallest absolute Gasteiger partial charge is 0.258 e. The highest BCUT2D eigenvalue weighted by molar-refractivity contribution is 6.05. The van der Waals surface area contributed by atoms with Gasteiger partial charge in [-0.1, -0.05) is 0 Å². The van der Waals surface area contributed by atoms with Crippen molar-refractivity contribution < 1.29 is 9.18 Å². The minimum absolute atomic E-state index is 0.0563. The third-order valence-electron chi connectivity index (χ3n) is 2.74. The Bertz CT molecular complexity index is 791. The van der Waals surface area contributed by atoms with Gasteiger partial charge in [0, 0.05) is 24.3 Å². The van der Waals surface area contributed by atoms with Crippen LogP contribution in [0.15, 0.2) is 49.1 Å². The molecule has 1 N–H and O–H groups in total. The van der Waals surface area contributed by atoms with E-state index in [4.69, 9.17) is 0 Å². The molecule has 3 rings (SSSR count). The zero-order chi connectivity index (χ0) is 13.9. The average Bonchev–Trinajstić information content (AvgIpc) is 2.47. The van der Waals surface area contributed by atoms with Gasteiger partial charge >= 0.3 is 0 Å². The largest absolute Gasteiger partial charge is 0.322 e. The molecule has 0 spiro atoms. The van der Waals surface area contributed by atoms with Gasteiger partial charge in [-0.3, -0.25) is 19.7 Å². The second kappa shape index (κ2) is 5.00. The van der Waals surface area contributed by atoms with Crippen LogP contribution < -0.4 is 5.32 Å². The van der Waals surface area contributed by atoms with E-state index >= 15 is 0 Å². The zero-order valence-corrected chi connectivity index (χ0v) is 10.2. The lowest BCUT2D eigenvalue weighted by atomic mass is 10.2. The molecule has 5 nitrogen and oxygen atoms in total. The van der Waals surface area contributed by atoms with Crippen molar-refractivity contribution >= 4 is 22.6 Å². The van der Waals surface area contributed by atoms with Crippen molar-refractivity contribution in [3.8, 4) is 0 Å². The van der Waals surface area contributed by atoms with Crippen LogP contribution in [0.3, 0.4) is 0 Å². The minimum atomic E-state index is -0.661. The van der Waals surface area contributed by atoms with E-state index < -0.39 is 11.7 Å². The number of anilines is 1. The summed E-state index contributed by atoms with van der Waals surface area (Å²) >= 11 is 0. The molecule has 0 aliphatic carbocycles. The van der Waals surface area contributed by atoms with E-state index in [0.717, 1.165) is 11.7 Å². The number of carbonyl (C=O) groups excluding carboxylic acids is 1. The first kappa shape index (κ1) is 12.2. The Morgan fingerprint density at radius 3 is 2.65 bits per heavy atom. The normalized spacial score (nSPS) is 10.4. The Kier molecular flexibility index (Phi) is 3.04. The molecule has 6 heteroatoms. The fourth-order valence-electron chi connectivity index (χ4n) is 1.80. The molecule has 98 valence electrons. The number of hydrogen-bond acceptors (Lipinski definition) is 4. The maximum Gasteiger partial charge on any atom is 0.258 e. The van der Waals surface area contributed by atoms with E-state index in [9.17, 15) is 9.18 Å². The average molecular weight is 268 g/mol. The zero-order valence-electron chi connectivity index (χ0n) is 10.2. The molecule has 0 saturated heterocycles. The van der Waals surface area contributed by atoms with Crippen LogP contribution in [-0.4, -0.2) is 20.9 Å². The highest BCUT2D eigenvalue weighted by Crippen LogP contribution is 2.16. The first-order chi connectivity index (χ1) is 9.74. The number of rotatable bonds is 2. The number of pyridine rings is 1. The summed E-state index contributed by atoms with van der Waals surface area (Å²) in [6.07, 6.45) is 5.52. The number of halogens is 1. The fourth-order valence-corrected chi connectivity index (χ4v) is 1.80. The monoisotopic (exact) mass is 268 g/mol. The van der Waals surface area contributed by atoms with E-state index in [0.29, 0.717) is 11.2 Å². The quantitative estimate of drug-likeness (QED) is 0.775. The molecule has 2 heterocycles. The van der Waals surface area contributed by atoms with Crippen molar-refractivity contribution in [2.45, 2.75) is 0 Å². The van der Waals surface area contributed by atoms with E-state index in [1.807, 2.05) is 0 Å².